The van der Waals surface area contributed by atoms with Crippen molar-refractivity contribution in [3.63, 3.8) is 0 Å². The Morgan fingerprint density at radius 3 is 2.44 bits per heavy atom. The summed E-state index contributed by atoms with van der Waals surface area (Å²) in [5, 5.41) is 12.0. The number of rotatable bonds is 4. The molecule has 2 nitrogen and oxygen atoms in total. The molecule has 1 atom stereocenters. The fraction of sp³-hybridized carbons (Fsp3) is 1.00. The van der Waals surface area contributed by atoms with Crippen LogP contribution < -0.4 is 5.32 Å². The van der Waals surface area contributed by atoms with Crippen LogP contribution in [-0.2, 0) is 0 Å². The maximum absolute atomic E-state index is 8.91. The Kier molecular flexibility index (Phi) is 5.15. The molecule has 0 aromatic carbocycles. The van der Waals surface area contributed by atoms with Crippen molar-refractivity contribution < 1.29 is 5.11 Å². The Bertz CT molecular complexity index is 68.1. The summed E-state index contributed by atoms with van der Waals surface area (Å²) < 4.78 is 0. The van der Waals surface area contributed by atoms with E-state index in [9.17, 15) is 0 Å². The van der Waals surface area contributed by atoms with Crippen LogP contribution in [0.1, 0.15) is 13.8 Å². The second kappa shape index (κ2) is 5.03. The van der Waals surface area contributed by atoms with Gasteiger partial charge in [-0.25, -0.2) is 0 Å². The molecular weight excluding hydrogens is 138 g/mol. The third-order valence-electron chi connectivity index (χ3n) is 0.940. The Balaban J connectivity index is 3.06. The van der Waals surface area contributed by atoms with Crippen molar-refractivity contribution in [2.75, 3.05) is 12.4 Å². The predicted octanol–water partition coefficient (Wildman–Crippen LogP) is 0.584. The van der Waals surface area contributed by atoms with Crippen LogP contribution in [-0.4, -0.2) is 29.7 Å². The van der Waals surface area contributed by atoms with Crippen LogP contribution in [0.15, 0.2) is 0 Å². The van der Waals surface area contributed by atoms with Gasteiger partial charge in [0.2, 0.25) is 0 Å². The molecule has 0 aliphatic carbocycles. The molecule has 0 aromatic rings. The summed E-state index contributed by atoms with van der Waals surface area (Å²) in [6, 6.07) is 0.419. The first-order chi connectivity index (χ1) is 4.16. The van der Waals surface area contributed by atoms with E-state index in [4.69, 9.17) is 16.7 Å². The van der Waals surface area contributed by atoms with Gasteiger partial charge < -0.3 is 10.4 Å². The maximum Gasteiger partial charge on any atom is 0.0799 e. The number of hydrogen-bond donors (Lipinski definition) is 2. The molecule has 0 amide bonds. The van der Waals surface area contributed by atoms with Crippen LogP contribution in [0.25, 0.3) is 0 Å². The van der Waals surface area contributed by atoms with Crippen LogP contribution in [0.3, 0.4) is 0 Å². The molecule has 0 rings (SSSR count). The zero-order valence-electron chi connectivity index (χ0n) is 5.89. The first-order valence-corrected chi connectivity index (χ1v) is 3.67. The molecular formula is C6H14ClNO. The van der Waals surface area contributed by atoms with Crippen molar-refractivity contribution in [3.8, 4) is 0 Å². The van der Waals surface area contributed by atoms with Crippen LogP contribution in [0, 0.1) is 0 Å². The number of halogens is 1. The number of hydrogen-bond acceptors (Lipinski definition) is 2. The summed E-state index contributed by atoms with van der Waals surface area (Å²) in [6.07, 6.45) is -0.408. The molecule has 0 aliphatic heterocycles. The molecule has 0 spiro atoms. The van der Waals surface area contributed by atoms with Gasteiger partial charge >= 0.3 is 0 Å². The Morgan fingerprint density at radius 2 is 2.11 bits per heavy atom. The lowest BCUT2D eigenvalue weighted by Crippen LogP contribution is -2.32. The minimum absolute atomic E-state index is 0.305. The highest BCUT2D eigenvalue weighted by Gasteiger charge is 2.00. The largest absolute Gasteiger partial charge is 0.391 e. The van der Waals surface area contributed by atoms with Gasteiger partial charge in [-0.2, -0.15) is 0 Å². The fourth-order valence-corrected chi connectivity index (χ4v) is 0.535. The monoisotopic (exact) mass is 151 g/mol. The molecule has 0 saturated carbocycles. The summed E-state index contributed by atoms with van der Waals surface area (Å²) in [6.45, 7) is 4.64. The quantitative estimate of drug-likeness (QED) is 0.577. The smallest absolute Gasteiger partial charge is 0.0799 e. The summed E-state index contributed by atoms with van der Waals surface area (Å²) in [4.78, 5) is 0. The molecule has 0 aliphatic rings. The number of aliphatic hydroxyl groups is 1. The Morgan fingerprint density at radius 1 is 1.56 bits per heavy atom. The van der Waals surface area contributed by atoms with Crippen LogP contribution in [0.5, 0.6) is 0 Å². The average Bonchev–Trinajstić information content (AvgIpc) is 1.83. The average molecular weight is 152 g/mol. The number of aliphatic hydroxyl groups excluding tert-OH is 1. The maximum atomic E-state index is 8.91. The summed E-state index contributed by atoms with van der Waals surface area (Å²) in [5.41, 5.74) is 0. The fourth-order valence-electron chi connectivity index (χ4n) is 0.426. The molecule has 0 heterocycles. The summed E-state index contributed by atoms with van der Waals surface area (Å²) in [7, 11) is 0. The van der Waals surface area contributed by atoms with Crippen molar-refractivity contribution in [2.24, 2.45) is 0 Å². The van der Waals surface area contributed by atoms with Gasteiger partial charge in [-0.3, -0.25) is 0 Å². The molecule has 3 heteroatoms. The van der Waals surface area contributed by atoms with E-state index in [2.05, 4.69) is 5.32 Å². The van der Waals surface area contributed by atoms with E-state index in [1.807, 2.05) is 13.8 Å². The molecule has 0 bridgehead atoms. The first-order valence-electron chi connectivity index (χ1n) is 3.14. The van der Waals surface area contributed by atoms with Gasteiger partial charge in [-0.1, -0.05) is 13.8 Å². The van der Waals surface area contributed by atoms with Gasteiger partial charge in [0, 0.05) is 18.5 Å². The zero-order valence-corrected chi connectivity index (χ0v) is 6.65. The second-order valence-electron chi connectivity index (χ2n) is 2.37. The van der Waals surface area contributed by atoms with Crippen molar-refractivity contribution in [2.45, 2.75) is 26.0 Å². The molecule has 9 heavy (non-hydrogen) atoms. The molecule has 0 saturated heterocycles. The van der Waals surface area contributed by atoms with Crippen LogP contribution in [0.4, 0.5) is 0 Å². The van der Waals surface area contributed by atoms with Gasteiger partial charge in [0.05, 0.1) is 6.10 Å². The lowest BCUT2D eigenvalue weighted by molar-refractivity contribution is 0.191. The Hall–Kier alpha value is 0.210. The SMILES string of the molecule is CC(C)NC[C@@H](O)CCl. The van der Waals surface area contributed by atoms with Gasteiger partial charge in [-0.15, -0.1) is 11.6 Å². The van der Waals surface area contributed by atoms with Crippen LogP contribution >= 0.6 is 11.6 Å². The standard InChI is InChI=1S/C6H14ClNO/c1-5(2)8-4-6(9)3-7/h5-6,8-9H,3-4H2,1-2H3/t6-/m0/s1. The van der Waals surface area contributed by atoms with E-state index >= 15 is 0 Å². The van der Waals surface area contributed by atoms with Crippen molar-refractivity contribution in [1.29, 1.82) is 0 Å². The van der Waals surface area contributed by atoms with Gasteiger partial charge in [0.1, 0.15) is 0 Å². The number of nitrogens with one attached hydrogen (secondary N) is 1. The lowest BCUT2D eigenvalue weighted by atomic mass is 10.3. The lowest BCUT2D eigenvalue weighted by Gasteiger charge is -2.10. The second-order valence-corrected chi connectivity index (χ2v) is 2.68. The summed E-state index contributed by atoms with van der Waals surface area (Å²) in [5.74, 6) is 0.305. The topological polar surface area (TPSA) is 32.3 Å². The normalized spacial score (nSPS) is 14.3. The Labute approximate surface area is 61.2 Å². The van der Waals surface area contributed by atoms with Gasteiger partial charge in [0.15, 0.2) is 0 Å². The van der Waals surface area contributed by atoms with E-state index in [1.54, 1.807) is 0 Å². The van der Waals surface area contributed by atoms with E-state index in [0.29, 0.717) is 18.5 Å². The highest BCUT2D eigenvalue weighted by atomic mass is 35.5. The minimum atomic E-state index is -0.408. The van der Waals surface area contributed by atoms with Crippen molar-refractivity contribution >= 4 is 11.6 Å². The highest BCUT2D eigenvalue weighted by Crippen LogP contribution is 1.85. The van der Waals surface area contributed by atoms with E-state index in [0.717, 1.165) is 0 Å². The van der Waals surface area contributed by atoms with Gasteiger partial charge in [-0.05, 0) is 0 Å². The molecule has 0 unspecified atom stereocenters. The highest BCUT2D eigenvalue weighted by molar-refractivity contribution is 6.18. The van der Waals surface area contributed by atoms with E-state index in [1.165, 1.54) is 0 Å². The molecule has 0 radical (unpaired) electrons. The van der Waals surface area contributed by atoms with E-state index in [-0.39, 0.29) is 0 Å². The van der Waals surface area contributed by atoms with Crippen molar-refractivity contribution in [1.82, 2.24) is 5.32 Å². The number of alkyl halides is 1. The molecule has 2 N–H and O–H groups in total. The molecule has 56 valence electrons. The minimum Gasteiger partial charge on any atom is -0.391 e. The molecule has 0 fully saturated rings. The van der Waals surface area contributed by atoms with Crippen molar-refractivity contribution in [3.05, 3.63) is 0 Å². The third-order valence-corrected chi connectivity index (χ3v) is 1.30. The third kappa shape index (κ3) is 6.09. The molecule has 0 aromatic heterocycles. The first kappa shape index (κ1) is 9.21. The predicted molar refractivity (Wildman–Crippen MR) is 39.9 cm³/mol. The van der Waals surface area contributed by atoms with E-state index < -0.39 is 6.10 Å². The van der Waals surface area contributed by atoms with Gasteiger partial charge in [0.25, 0.3) is 0 Å². The summed E-state index contributed by atoms with van der Waals surface area (Å²) >= 11 is 5.35. The van der Waals surface area contributed by atoms with Crippen LogP contribution in [0.2, 0.25) is 0 Å². The zero-order chi connectivity index (χ0) is 7.28.